The van der Waals surface area contributed by atoms with Gasteiger partial charge in [0.1, 0.15) is 11.4 Å². The van der Waals surface area contributed by atoms with Crippen LogP contribution in [0.15, 0.2) is 46.1 Å². The zero-order chi connectivity index (χ0) is 23.3. The molecule has 4 aromatic heterocycles. The van der Waals surface area contributed by atoms with E-state index in [0.717, 1.165) is 64.1 Å². The van der Waals surface area contributed by atoms with E-state index in [1.54, 1.807) is 24.6 Å². The highest BCUT2D eigenvalue weighted by Gasteiger charge is 2.31. The summed E-state index contributed by atoms with van der Waals surface area (Å²) in [6.45, 7) is 6.36. The van der Waals surface area contributed by atoms with Crippen molar-refractivity contribution < 1.29 is 8.91 Å². The Morgan fingerprint density at radius 2 is 1.94 bits per heavy atom. The van der Waals surface area contributed by atoms with Crippen molar-refractivity contribution in [1.29, 1.82) is 0 Å². The molecule has 0 amide bonds. The molecule has 0 atom stereocenters. The Labute approximate surface area is 192 Å². The molecule has 0 spiro atoms. The monoisotopic (exact) mass is 448 g/mol. The standard InChI is InChI=1S/C26H29FN4O2/c1-16-24(17(2)33-29-16)20-11-22-25(28-12-20)21(19-5-6-23(32)30(4)14-19)15-31(22)13-18-7-9-26(3,27)10-8-18/h5-6,11-12,14-15,18H,7-10,13H2,1-4H3. The maximum atomic E-state index is 14.4. The van der Waals surface area contributed by atoms with E-state index in [0.29, 0.717) is 18.8 Å². The summed E-state index contributed by atoms with van der Waals surface area (Å²) in [7, 11) is 1.75. The number of hydrogen-bond donors (Lipinski definition) is 0. The Bertz CT molecular complexity index is 1370. The highest BCUT2D eigenvalue weighted by molar-refractivity contribution is 5.94. The minimum absolute atomic E-state index is 0.0485. The van der Waals surface area contributed by atoms with Gasteiger partial charge in [0.05, 0.1) is 16.7 Å². The zero-order valence-electron chi connectivity index (χ0n) is 19.6. The Kier molecular flexibility index (Phi) is 5.22. The van der Waals surface area contributed by atoms with E-state index in [9.17, 15) is 9.18 Å². The fraction of sp³-hybridized carbons (Fsp3) is 0.423. The number of nitrogens with zero attached hydrogens (tertiary/aromatic N) is 4. The highest BCUT2D eigenvalue weighted by atomic mass is 19.1. The number of rotatable bonds is 4. The lowest BCUT2D eigenvalue weighted by Gasteiger charge is -2.31. The van der Waals surface area contributed by atoms with Crippen LogP contribution in [0.25, 0.3) is 33.3 Å². The molecule has 172 valence electrons. The van der Waals surface area contributed by atoms with Crippen molar-refractivity contribution in [2.75, 3.05) is 0 Å². The summed E-state index contributed by atoms with van der Waals surface area (Å²) in [5.41, 5.74) is 5.49. The first kappa shape index (κ1) is 21.6. The third kappa shape index (κ3) is 4.01. The van der Waals surface area contributed by atoms with Crippen molar-refractivity contribution in [3.05, 3.63) is 58.6 Å². The largest absolute Gasteiger partial charge is 0.361 e. The summed E-state index contributed by atoms with van der Waals surface area (Å²) < 4.78 is 23.6. The van der Waals surface area contributed by atoms with Crippen LogP contribution in [0.1, 0.15) is 44.1 Å². The van der Waals surface area contributed by atoms with Crippen LogP contribution in [0.3, 0.4) is 0 Å². The SMILES string of the molecule is Cc1noc(C)c1-c1cnc2c(-c3ccc(=O)n(C)c3)cn(CC3CCC(C)(F)CC3)c2c1. The van der Waals surface area contributed by atoms with E-state index in [-0.39, 0.29) is 5.56 Å². The molecule has 7 heteroatoms. The molecule has 0 N–H and O–H groups in total. The molecule has 1 fully saturated rings. The van der Waals surface area contributed by atoms with Gasteiger partial charge >= 0.3 is 0 Å². The summed E-state index contributed by atoms with van der Waals surface area (Å²) in [4.78, 5) is 16.8. The van der Waals surface area contributed by atoms with Gasteiger partial charge in [0.2, 0.25) is 5.56 Å². The number of aromatic nitrogens is 4. The van der Waals surface area contributed by atoms with Gasteiger partial charge in [0, 0.05) is 60.5 Å². The smallest absolute Gasteiger partial charge is 0.250 e. The van der Waals surface area contributed by atoms with Gasteiger partial charge in [-0.25, -0.2) is 4.39 Å². The first-order valence-electron chi connectivity index (χ1n) is 11.5. The third-order valence-corrected chi connectivity index (χ3v) is 7.04. The van der Waals surface area contributed by atoms with Crippen molar-refractivity contribution in [3.8, 4) is 22.3 Å². The Morgan fingerprint density at radius 3 is 2.61 bits per heavy atom. The number of aryl methyl sites for hydroxylation is 3. The molecule has 1 aliphatic rings. The summed E-state index contributed by atoms with van der Waals surface area (Å²) in [5.74, 6) is 1.18. The normalized spacial score (nSPS) is 21.1. The van der Waals surface area contributed by atoms with Crippen molar-refractivity contribution in [1.82, 2.24) is 19.3 Å². The molecule has 1 saturated carbocycles. The predicted octanol–water partition coefficient (Wildman–Crippen LogP) is 5.59. The van der Waals surface area contributed by atoms with Gasteiger partial charge in [-0.15, -0.1) is 0 Å². The molecule has 0 saturated heterocycles. The van der Waals surface area contributed by atoms with Crippen LogP contribution in [-0.2, 0) is 13.6 Å². The van der Waals surface area contributed by atoms with Gasteiger partial charge in [-0.05, 0) is 64.5 Å². The fourth-order valence-corrected chi connectivity index (χ4v) is 5.05. The minimum atomic E-state index is -1.05. The summed E-state index contributed by atoms with van der Waals surface area (Å²) >= 11 is 0. The second-order valence-corrected chi connectivity index (χ2v) is 9.71. The molecule has 0 aromatic carbocycles. The molecule has 0 radical (unpaired) electrons. The maximum Gasteiger partial charge on any atom is 0.250 e. The average Bonchev–Trinajstić information content (AvgIpc) is 3.30. The van der Waals surface area contributed by atoms with E-state index >= 15 is 0 Å². The maximum absolute atomic E-state index is 14.4. The van der Waals surface area contributed by atoms with Crippen molar-refractivity contribution in [3.63, 3.8) is 0 Å². The number of alkyl halides is 1. The molecule has 33 heavy (non-hydrogen) atoms. The molecule has 4 aromatic rings. The number of fused-ring (bicyclic) bond motifs is 1. The number of pyridine rings is 2. The zero-order valence-corrected chi connectivity index (χ0v) is 19.6. The first-order valence-corrected chi connectivity index (χ1v) is 11.5. The van der Waals surface area contributed by atoms with Crippen LogP contribution < -0.4 is 5.56 Å². The van der Waals surface area contributed by atoms with E-state index in [4.69, 9.17) is 9.51 Å². The van der Waals surface area contributed by atoms with Crippen LogP contribution in [0, 0.1) is 19.8 Å². The third-order valence-electron chi connectivity index (χ3n) is 7.04. The first-order chi connectivity index (χ1) is 15.7. The van der Waals surface area contributed by atoms with E-state index in [1.807, 2.05) is 32.3 Å². The highest BCUT2D eigenvalue weighted by Crippen LogP contribution is 2.38. The topological polar surface area (TPSA) is 65.8 Å². The molecule has 4 heterocycles. The lowest BCUT2D eigenvalue weighted by Crippen LogP contribution is -2.27. The minimum Gasteiger partial charge on any atom is -0.361 e. The van der Waals surface area contributed by atoms with Gasteiger partial charge in [0.25, 0.3) is 0 Å². The number of halogens is 1. The Hall–Kier alpha value is -3.22. The Balaban J connectivity index is 1.62. The van der Waals surface area contributed by atoms with Crippen molar-refractivity contribution >= 4 is 11.0 Å². The van der Waals surface area contributed by atoms with Gasteiger partial charge in [-0.3, -0.25) is 9.78 Å². The lowest BCUT2D eigenvalue weighted by molar-refractivity contribution is 0.0985. The van der Waals surface area contributed by atoms with Crippen LogP contribution in [-0.4, -0.2) is 24.9 Å². The van der Waals surface area contributed by atoms with Gasteiger partial charge in [-0.2, -0.15) is 0 Å². The molecule has 1 aliphatic carbocycles. The van der Waals surface area contributed by atoms with Crippen molar-refractivity contribution in [2.45, 2.75) is 58.7 Å². The predicted molar refractivity (Wildman–Crippen MR) is 127 cm³/mol. The molecule has 0 unspecified atom stereocenters. The Morgan fingerprint density at radius 1 is 1.18 bits per heavy atom. The van der Waals surface area contributed by atoms with Gasteiger partial charge in [0.15, 0.2) is 0 Å². The second kappa shape index (κ2) is 7.97. The second-order valence-electron chi connectivity index (χ2n) is 9.71. The molecule has 5 rings (SSSR count). The van der Waals surface area contributed by atoms with Gasteiger partial charge < -0.3 is 13.7 Å². The van der Waals surface area contributed by atoms with Crippen LogP contribution >= 0.6 is 0 Å². The van der Waals surface area contributed by atoms with E-state index in [2.05, 4.69) is 22.0 Å². The fourth-order valence-electron chi connectivity index (χ4n) is 5.05. The van der Waals surface area contributed by atoms with Crippen LogP contribution in [0.5, 0.6) is 0 Å². The van der Waals surface area contributed by atoms with Crippen LogP contribution in [0.4, 0.5) is 4.39 Å². The number of hydrogen-bond acceptors (Lipinski definition) is 4. The quantitative estimate of drug-likeness (QED) is 0.408. The molecule has 0 aliphatic heterocycles. The molecular weight excluding hydrogens is 419 g/mol. The van der Waals surface area contributed by atoms with E-state index in [1.165, 1.54) is 0 Å². The summed E-state index contributed by atoms with van der Waals surface area (Å²) in [6.07, 6.45) is 8.79. The van der Waals surface area contributed by atoms with Crippen LogP contribution in [0.2, 0.25) is 0 Å². The summed E-state index contributed by atoms with van der Waals surface area (Å²) in [5, 5.41) is 4.10. The van der Waals surface area contributed by atoms with E-state index < -0.39 is 5.67 Å². The molecule has 6 nitrogen and oxygen atoms in total. The molecular formula is C26H29FN4O2. The van der Waals surface area contributed by atoms with Crippen molar-refractivity contribution in [2.24, 2.45) is 13.0 Å². The lowest BCUT2D eigenvalue weighted by atomic mass is 9.81. The molecule has 0 bridgehead atoms. The summed E-state index contributed by atoms with van der Waals surface area (Å²) in [6, 6.07) is 5.57. The average molecular weight is 449 g/mol. The van der Waals surface area contributed by atoms with Gasteiger partial charge in [-0.1, -0.05) is 5.16 Å².